The molecule has 0 atom stereocenters. The van der Waals surface area contributed by atoms with Gasteiger partial charge in [-0.3, -0.25) is 0 Å². The summed E-state index contributed by atoms with van der Waals surface area (Å²) in [5.41, 5.74) is 6.67. The number of benzene rings is 1. The van der Waals surface area contributed by atoms with Crippen LogP contribution in [0.3, 0.4) is 0 Å². The molecule has 0 spiro atoms. The summed E-state index contributed by atoms with van der Waals surface area (Å²) in [6.45, 7) is 0.481. The number of rotatable bonds is 3. The fourth-order valence-corrected chi connectivity index (χ4v) is 1.28. The number of ether oxygens (including phenoxy) is 1. The Labute approximate surface area is 98.5 Å². The maximum atomic E-state index is 8.83. The van der Waals surface area contributed by atoms with E-state index in [1.54, 1.807) is 12.1 Å². The van der Waals surface area contributed by atoms with Gasteiger partial charge in [-0.05, 0) is 17.7 Å². The normalized spacial score (nSPS) is 9.65. The molecule has 0 bridgehead atoms. The Hall–Kier alpha value is -2.45. The van der Waals surface area contributed by atoms with E-state index in [-0.39, 0.29) is 11.6 Å². The van der Waals surface area contributed by atoms with E-state index in [2.05, 4.69) is 9.97 Å². The first kappa shape index (κ1) is 11.0. The molecule has 0 radical (unpaired) electrons. The molecule has 17 heavy (non-hydrogen) atoms. The van der Waals surface area contributed by atoms with E-state index in [9.17, 15) is 0 Å². The Balaban J connectivity index is 2.23. The van der Waals surface area contributed by atoms with Crippen molar-refractivity contribution in [2.24, 2.45) is 5.73 Å². The van der Waals surface area contributed by atoms with Crippen LogP contribution in [0, 0.1) is 11.3 Å². The van der Waals surface area contributed by atoms with E-state index in [1.807, 2.05) is 18.2 Å². The minimum Gasteiger partial charge on any atom is -0.437 e. The van der Waals surface area contributed by atoms with E-state index < -0.39 is 0 Å². The van der Waals surface area contributed by atoms with Crippen molar-refractivity contribution >= 4 is 0 Å². The number of aromatic nitrogens is 2. The Morgan fingerprint density at radius 1 is 1.18 bits per heavy atom. The van der Waals surface area contributed by atoms with Crippen molar-refractivity contribution in [2.75, 3.05) is 0 Å². The van der Waals surface area contributed by atoms with Gasteiger partial charge >= 0.3 is 0 Å². The quantitative estimate of drug-likeness (QED) is 0.859. The van der Waals surface area contributed by atoms with Gasteiger partial charge in [0, 0.05) is 18.9 Å². The molecule has 5 nitrogen and oxygen atoms in total. The van der Waals surface area contributed by atoms with Crippen molar-refractivity contribution in [3.05, 3.63) is 47.9 Å². The van der Waals surface area contributed by atoms with Gasteiger partial charge in [-0.1, -0.05) is 12.1 Å². The molecular weight excluding hydrogens is 216 g/mol. The molecule has 0 aliphatic rings. The van der Waals surface area contributed by atoms with Crippen LogP contribution in [0.4, 0.5) is 0 Å². The molecule has 0 aliphatic heterocycles. The highest BCUT2D eigenvalue weighted by Crippen LogP contribution is 2.21. The Morgan fingerprint density at radius 3 is 2.53 bits per heavy atom. The Morgan fingerprint density at radius 2 is 1.88 bits per heavy atom. The fourth-order valence-electron chi connectivity index (χ4n) is 1.28. The molecule has 1 aromatic heterocycles. The van der Waals surface area contributed by atoms with Crippen LogP contribution < -0.4 is 10.5 Å². The SMILES string of the molecule is N#Cc1nccnc1Oc1ccc(CN)cc1. The third-order valence-corrected chi connectivity index (χ3v) is 2.14. The highest BCUT2D eigenvalue weighted by atomic mass is 16.5. The maximum absolute atomic E-state index is 8.83. The summed E-state index contributed by atoms with van der Waals surface area (Å²) in [6, 6.07) is 9.19. The van der Waals surface area contributed by atoms with Crippen molar-refractivity contribution in [1.29, 1.82) is 5.26 Å². The van der Waals surface area contributed by atoms with Crippen LogP contribution in [-0.2, 0) is 6.54 Å². The molecule has 1 heterocycles. The first-order valence-corrected chi connectivity index (χ1v) is 5.01. The van der Waals surface area contributed by atoms with Gasteiger partial charge < -0.3 is 10.5 Å². The third-order valence-electron chi connectivity index (χ3n) is 2.14. The molecule has 2 aromatic rings. The predicted octanol–water partition coefficient (Wildman–Crippen LogP) is 1.60. The number of nitrogens with two attached hydrogens (primary N) is 1. The van der Waals surface area contributed by atoms with Gasteiger partial charge in [0.15, 0.2) is 0 Å². The van der Waals surface area contributed by atoms with Crippen LogP contribution in [0.25, 0.3) is 0 Å². The maximum Gasteiger partial charge on any atom is 0.256 e. The first-order valence-electron chi connectivity index (χ1n) is 5.01. The lowest BCUT2D eigenvalue weighted by Crippen LogP contribution is -1.96. The highest BCUT2D eigenvalue weighted by molar-refractivity contribution is 5.35. The number of hydrogen-bond acceptors (Lipinski definition) is 5. The van der Waals surface area contributed by atoms with E-state index >= 15 is 0 Å². The van der Waals surface area contributed by atoms with Gasteiger partial charge in [-0.15, -0.1) is 0 Å². The van der Waals surface area contributed by atoms with E-state index in [4.69, 9.17) is 15.7 Å². The van der Waals surface area contributed by atoms with E-state index in [0.717, 1.165) is 5.56 Å². The van der Waals surface area contributed by atoms with Crippen molar-refractivity contribution in [1.82, 2.24) is 9.97 Å². The average Bonchev–Trinajstić information content (AvgIpc) is 2.40. The molecule has 0 fully saturated rings. The van der Waals surface area contributed by atoms with Gasteiger partial charge in [0.2, 0.25) is 5.69 Å². The monoisotopic (exact) mass is 226 g/mol. The molecule has 5 heteroatoms. The van der Waals surface area contributed by atoms with E-state index in [1.165, 1.54) is 12.4 Å². The summed E-state index contributed by atoms with van der Waals surface area (Å²) in [5.74, 6) is 0.801. The molecule has 0 saturated carbocycles. The smallest absolute Gasteiger partial charge is 0.256 e. The molecular formula is C12H10N4O. The highest BCUT2D eigenvalue weighted by Gasteiger charge is 2.06. The van der Waals surface area contributed by atoms with Crippen LogP contribution in [0.5, 0.6) is 11.6 Å². The fraction of sp³-hybridized carbons (Fsp3) is 0.0833. The van der Waals surface area contributed by atoms with Crippen LogP contribution >= 0.6 is 0 Å². The van der Waals surface area contributed by atoms with Crippen LogP contribution in [0.2, 0.25) is 0 Å². The minimum absolute atomic E-state index is 0.162. The lowest BCUT2D eigenvalue weighted by Gasteiger charge is -2.05. The van der Waals surface area contributed by atoms with Gasteiger partial charge in [0.25, 0.3) is 5.88 Å². The van der Waals surface area contributed by atoms with Crippen molar-refractivity contribution in [3.8, 4) is 17.7 Å². The minimum atomic E-state index is 0.162. The topological polar surface area (TPSA) is 84.8 Å². The molecule has 0 aliphatic carbocycles. The average molecular weight is 226 g/mol. The largest absolute Gasteiger partial charge is 0.437 e. The molecule has 2 rings (SSSR count). The summed E-state index contributed by atoms with van der Waals surface area (Å²) >= 11 is 0. The van der Waals surface area contributed by atoms with Gasteiger partial charge in [0.05, 0.1) is 0 Å². The lowest BCUT2D eigenvalue weighted by molar-refractivity contribution is 0.458. The molecule has 2 N–H and O–H groups in total. The summed E-state index contributed by atoms with van der Waals surface area (Å²) in [7, 11) is 0. The molecule has 1 aromatic carbocycles. The van der Waals surface area contributed by atoms with Crippen LogP contribution in [0.15, 0.2) is 36.7 Å². The second-order valence-corrected chi connectivity index (χ2v) is 3.27. The number of hydrogen-bond donors (Lipinski definition) is 1. The summed E-state index contributed by atoms with van der Waals surface area (Å²) in [6.07, 6.45) is 2.92. The van der Waals surface area contributed by atoms with Crippen LogP contribution in [0.1, 0.15) is 11.3 Å². The Bertz CT molecular complexity index is 545. The van der Waals surface area contributed by atoms with Gasteiger partial charge in [0.1, 0.15) is 11.8 Å². The predicted molar refractivity (Wildman–Crippen MR) is 61.2 cm³/mol. The van der Waals surface area contributed by atoms with Gasteiger partial charge in [-0.25, -0.2) is 9.97 Å². The first-order chi connectivity index (χ1) is 8.33. The zero-order valence-electron chi connectivity index (χ0n) is 9.00. The summed E-state index contributed by atoms with van der Waals surface area (Å²) in [5, 5.41) is 8.83. The second-order valence-electron chi connectivity index (χ2n) is 3.27. The molecule has 0 amide bonds. The molecule has 0 unspecified atom stereocenters. The third kappa shape index (κ3) is 2.56. The van der Waals surface area contributed by atoms with Crippen molar-refractivity contribution in [3.63, 3.8) is 0 Å². The van der Waals surface area contributed by atoms with E-state index in [0.29, 0.717) is 12.3 Å². The zero-order chi connectivity index (χ0) is 12.1. The molecule has 84 valence electrons. The summed E-state index contributed by atoms with van der Waals surface area (Å²) < 4.78 is 5.46. The second kappa shape index (κ2) is 5.05. The van der Waals surface area contributed by atoms with Crippen molar-refractivity contribution in [2.45, 2.75) is 6.54 Å². The number of nitrogens with zero attached hydrogens (tertiary/aromatic N) is 3. The lowest BCUT2D eigenvalue weighted by atomic mass is 10.2. The Kier molecular flexibility index (Phi) is 3.28. The van der Waals surface area contributed by atoms with Crippen molar-refractivity contribution < 1.29 is 4.74 Å². The zero-order valence-corrected chi connectivity index (χ0v) is 9.00. The standard InChI is InChI=1S/C12H10N4O/c13-7-9-1-3-10(4-2-9)17-12-11(8-14)15-5-6-16-12/h1-6H,7,13H2. The molecule has 0 saturated heterocycles. The van der Waals surface area contributed by atoms with Gasteiger partial charge in [-0.2, -0.15) is 5.26 Å². The van der Waals surface area contributed by atoms with Crippen LogP contribution in [-0.4, -0.2) is 9.97 Å². The number of nitriles is 1. The summed E-state index contributed by atoms with van der Waals surface area (Å²) in [4.78, 5) is 7.81.